The first-order chi connectivity index (χ1) is 19.0. The molecule has 0 saturated carbocycles. The molecule has 2 aromatic heterocycles. The molecule has 0 spiro atoms. The summed E-state index contributed by atoms with van der Waals surface area (Å²) in [7, 11) is 4.37. The van der Waals surface area contributed by atoms with Gasteiger partial charge in [-0.15, -0.1) is 0 Å². The number of para-hydroxylation sites is 2. The fourth-order valence-electron chi connectivity index (χ4n) is 7.23. The SMILES string of the molecule is Cc1ccccc1N1c2ncncc2N(C)C1C1C(C)c2ccc3c(oc4ccccc43)c2N2C=CN(C)C12. The predicted octanol–water partition coefficient (Wildman–Crippen LogP) is 6.58. The maximum absolute atomic E-state index is 6.55. The number of benzene rings is 3. The Labute approximate surface area is 227 Å². The molecule has 8 rings (SSSR count). The minimum Gasteiger partial charge on any atom is -0.454 e. The summed E-state index contributed by atoms with van der Waals surface area (Å²) in [5.74, 6) is 1.40. The molecule has 0 amide bonds. The zero-order chi connectivity index (χ0) is 26.4. The third-order valence-electron chi connectivity index (χ3n) is 9.05. The maximum atomic E-state index is 6.55. The highest BCUT2D eigenvalue weighted by Crippen LogP contribution is 2.55. The van der Waals surface area contributed by atoms with Gasteiger partial charge < -0.3 is 24.0 Å². The van der Waals surface area contributed by atoms with Crippen LogP contribution in [0.15, 0.2) is 90.0 Å². The van der Waals surface area contributed by atoms with Crippen molar-refractivity contribution >= 4 is 44.8 Å². The molecular weight excluding hydrogens is 484 g/mol. The van der Waals surface area contributed by atoms with Crippen LogP contribution >= 0.6 is 0 Å². The van der Waals surface area contributed by atoms with Crippen molar-refractivity contribution in [3.05, 3.63) is 96.7 Å². The van der Waals surface area contributed by atoms with Gasteiger partial charge in [-0.25, -0.2) is 9.97 Å². The summed E-state index contributed by atoms with van der Waals surface area (Å²) < 4.78 is 6.55. The summed E-state index contributed by atoms with van der Waals surface area (Å²) in [6.07, 6.45) is 8.15. The molecule has 7 heteroatoms. The number of anilines is 4. The highest BCUT2D eigenvalue weighted by Gasteiger charge is 2.53. The standard InChI is InChI=1S/C32H30N6O/c1-19-9-5-7-11-24(19)38-30-25(17-33-18-34-30)36(4)32(38)27-20(2)21-13-14-23-22-10-6-8-12-26(22)39-29(23)28(21)37-16-15-35(3)31(27)37/h5-18,20,27,31-32H,1-4H3. The van der Waals surface area contributed by atoms with Crippen molar-refractivity contribution < 1.29 is 4.42 Å². The average molecular weight is 515 g/mol. The lowest BCUT2D eigenvalue weighted by atomic mass is 9.77. The number of hydrogen-bond donors (Lipinski definition) is 0. The number of aromatic nitrogens is 2. The summed E-state index contributed by atoms with van der Waals surface area (Å²) in [5.41, 5.74) is 7.84. The van der Waals surface area contributed by atoms with Crippen molar-refractivity contribution in [1.82, 2.24) is 14.9 Å². The molecule has 0 bridgehead atoms. The lowest BCUT2D eigenvalue weighted by Crippen LogP contribution is -2.59. The van der Waals surface area contributed by atoms with Crippen LogP contribution in [0.5, 0.6) is 0 Å². The molecule has 0 fully saturated rings. The summed E-state index contributed by atoms with van der Waals surface area (Å²) in [6, 6.07) is 21.5. The second-order valence-corrected chi connectivity index (χ2v) is 11.0. The number of furan rings is 1. The minimum atomic E-state index is 0.0298. The van der Waals surface area contributed by atoms with Crippen LogP contribution in [0.1, 0.15) is 24.0 Å². The first-order valence-electron chi connectivity index (χ1n) is 13.5. The summed E-state index contributed by atoms with van der Waals surface area (Å²) in [4.78, 5) is 18.8. The van der Waals surface area contributed by atoms with Gasteiger partial charge in [0.25, 0.3) is 0 Å². The molecule has 3 aliphatic rings. The van der Waals surface area contributed by atoms with Crippen molar-refractivity contribution in [2.24, 2.45) is 5.92 Å². The third-order valence-corrected chi connectivity index (χ3v) is 9.05. The van der Waals surface area contributed by atoms with Gasteiger partial charge in [0.2, 0.25) is 0 Å². The van der Waals surface area contributed by atoms with Crippen molar-refractivity contribution in [2.45, 2.75) is 32.1 Å². The average Bonchev–Trinajstić information content (AvgIpc) is 3.61. The Balaban J connectivity index is 1.35. The van der Waals surface area contributed by atoms with E-state index in [4.69, 9.17) is 9.40 Å². The van der Waals surface area contributed by atoms with Crippen LogP contribution in [0.25, 0.3) is 21.9 Å². The zero-order valence-electron chi connectivity index (χ0n) is 22.5. The summed E-state index contributed by atoms with van der Waals surface area (Å²) in [6.45, 7) is 4.55. The second kappa shape index (κ2) is 7.99. The van der Waals surface area contributed by atoms with Gasteiger partial charge >= 0.3 is 0 Å². The molecule has 0 saturated heterocycles. The van der Waals surface area contributed by atoms with E-state index < -0.39 is 0 Å². The van der Waals surface area contributed by atoms with Crippen LogP contribution in [-0.4, -0.2) is 41.3 Å². The van der Waals surface area contributed by atoms with E-state index in [1.54, 1.807) is 6.33 Å². The summed E-state index contributed by atoms with van der Waals surface area (Å²) in [5, 5.41) is 2.33. The molecule has 194 valence electrons. The topological polar surface area (TPSA) is 51.9 Å². The molecule has 4 unspecified atom stereocenters. The van der Waals surface area contributed by atoms with Crippen LogP contribution in [-0.2, 0) is 0 Å². The summed E-state index contributed by atoms with van der Waals surface area (Å²) >= 11 is 0. The van der Waals surface area contributed by atoms with Gasteiger partial charge in [0.05, 0.1) is 11.9 Å². The molecule has 7 nitrogen and oxygen atoms in total. The van der Waals surface area contributed by atoms with E-state index >= 15 is 0 Å². The lowest BCUT2D eigenvalue weighted by Gasteiger charge is -2.50. The molecule has 0 aliphatic carbocycles. The lowest BCUT2D eigenvalue weighted by molar-refractivity contribution is 0.190. The third kappa shape index (κ3) is 2.93. The molecule has 0 N–H and O–H groups in total. The Hall–Kier alpha value is -4.52. The predicted molar refractivity (Wildman–Crippen MR) is 156 cm³/mol. The fourth-order valence-corrected chi connectivity index (χ4v) is 7.23. The molecule has 3 aliphatic heterocycles. The van der Waals surface area contributed by atoms with Gasteiger partial charge in [0.1, 0.15) is 29.9 Å². The van der Waals surface area contributed by atoms with E-state index in [1.807, 2.05) is 12.3 Å². The quantitative estimate of drug-likeness (QED) is 0.264. The second-order valence-electron chi connectivity index (χ2n) is 11.0. The molecule has 5 aromatic rings. The zero-order valence-corrected chi connectivity index (χ0v) is 22.5. The van der Waals surface area contributed by atoms with Gasteiger partial charge in [-0.3, -0.25) is 0 Å². The smallest absolute Gasteiger partial charge is 0.161 e. The Morgan fingerprint density at radius 2 is 1.67 bits per heavy atom. The normalized spacial score (nSPS) is 23.6. The van der Waals surface area contributed by atoms with E-state index in [1.165, 1.54) is 27.9 Å². The number of fused-ring (bicyclic) bond motifs is 8. The van der Waals surface area contributed by atoms with Gasteiger partial charge in [-0.2, -0.15) is 0 Å². The van der Waals surface area contributed by atoms with Crippen molar-refractivity contribution in [3.8, 4) is 0 Å². The van der Waals surface area contributed by atoms with E-state index in [0.29, 0.717) is 0 Å². The van der Waals surface area contributed by atoms with Crippen molar-refractivity contribution in [2.75, 3.05) is 28.8 Å². The van der Waals surface area contributed by atoms with Gasteiger partial charge in [-0.1, -0.05) is 55.5 Å². The van der Waals surface area contributed by atoms with Crippen LogP contribution < -0.4 is 14.7 Å². The number of rotatable bonds is 2. The van der Waals surface area contributed by atoms with Crippen LogP contribution in [0.4, 0.5) is 22.9 Å². The molecular formula is C32H30N6O. The van der Waals surface area contributed by atoms with Crippen LogP contribution in [0.2, 0.25) is 0 Å². The Morgan fingerprint density at radius 3 is 2.54 bits per heavy atom. The minimum absolute atomic E-state index is 0.0298. The van der Waals surface area contributed by atoms with Crippen LogP contribution in [0.3, 0.4) is 0 Å². The highest BCUT2D eigenvalue weighted by atomic mass is 16.3. The van der Waals surface area contributed by atoms with E-state index in [2.05, 4.69) is 120 Å². The first kappa shape index (κ1) is 22.5. The Kier molecular flexibility index (Phi) is 4.60. The molecule has 39 heavy (non-hydrogen) atoms. The van der Waals surface area contributed by atoms with Gasteiger partial charge in [-0.05, 0) is 36.1 Å². The monoisotopic (exact) mass is 514 g/mol. The maximum Gasteiger partial charge on any atom is 0.161 e. The Morgan fingerprint density at radius 1 is 0.846 bits per heavy atom. The fraction of sp³-hybridized carbons (Fsp3) is 0.250. The van der Waals surface area contributed by atoms with E-state index in [9.17, 15) is 0 Å². The first-order valence-corrected chi connectivity index (χ1v) is 13.5. The molecule has 3 aromatic carbocycles. The number of aryl methyl sites for hydroxylation is 1. The van der Waals surface area contributed by atoms with Crippen molar-refractivity contribution in [3.63, 3.8) is 0 Å². The van der Waals surface area contributed by atoms with E-state index in [-0.39, 0.29) is 24.2 Å². The molecule has 5 heterocycles. The largest absolute Gasteiger partial charge is 0.454 e. The van der Waals surface area contributed by atoms with E-state index in [0.717, 1.165) is 28.1 Å². The Bertz CT molecular complexity index is 1790. The van der Waals surface area contributed by atoms with Crippen molar-refractivity contribution in [1.29, 1.82) is 0 Å². The highest BCUT2D eigenvalue weighted by molar-refractivity contribution is 6.10. The molecule has 4 atom stereocenters. The van der Waals surface area contributed by atoms with Crippen LogP contribution in [0, 0.1) is 12.8 Å². The molecule has 0 radical (unpaired) electrons. The number of hydrogen-bond acceptors (Lipinski definition) is 7. The number of nitrogens with zero attached hydrogens (tertiary/aromatic N) is 6. The van der Waals surface area contributed by atoms with Gasteiger partial charge in [0.15, 0.2) is 11.4 Å². The van der Waals surface area contributed by atoms with Gasteiger partial charge in [0, 0.05) is 48.9 Å².